The molecule has 1 unspecified atom stereocenters. The summed E-state index contributed by atoms with van der Waals surface area (Å²) in [6.07, 6.45) is 3.54. The minimum Gasteiger partial charge on any atom is -0.497 e. The zero-order valence-electron chi connectivity index (χ0n) is 12.5. The molecule has 1 aliphatic heterocycles. The summed E-state index contributed by atoms with van der Waals surface area (Å²) < 4.78 is 7.66. The van der Waals surface area contributed by atoms with Gasteiger partial charge in [0.05, 0.1) is 18.1 Å². The third kappa shape index (κ3) is 2.40. The Kier molecular flexibility index (Phi) is 3.66. The lowest BCUT2D eigenvalue weighted by Crippen LogP contribution is -2.25. The van der Waals surface area contributed by atoms with Crippen LogP contribution in [-0.2, 0) is 6.42 Å². The molecular formula is C16H23N3O. The number of imidazole rings is 1. The van der Waals surface area contributed by atoms with E-state index in [9.17, 15) is 0 Å². The second-order valence-corrected chi connectivity index (χ2v) is 5.84. The minimum atomic E-state index is 0.421. The fraction of sp³-hybridized carbons (Fsp3) is 0.562. The molecule has 2 heterocycles. The first kappa shape index (κ1) is 13.4. The van der Waals surface area contributed by atoms with Gasteiger partial charge in [-0.1, -0.05) is 0 Å². The van der Waals surface area contributed by atoms with Crippen molar-refractivity contribution in [3.05, 3.63) is 24.0 Å². The molecule has 0 spiro atoms. The molecule has 4 nitrogen and oxygen atoms in total. The van der Waals surface area contributed by atoms with E-state index in [0.29, 0.717) is 12.1 Å². The van der Waals surface area contributed by atoms with Crippen molar-refractivity contribution in [2.45, 2.75) is 45.2 Å². The molecule has 108 valence electrons. The van der Waals surface area contributed by atoms with E-state index in [2.05, 4.69) is 29.8 Å². The number of rotatable bonds is 4. The van der Waals surface area contributed by atoms with Gasteiger partial charge in [-0.3, -0.25) is 0 Å². The van der Waals surface area contributed by atoms with Crippen LogP contribution < -0.4 is 10.1 Å². The number of hydrogen-bond acceptors (Lipinski definition) is 3. The van der Waals surface area contributed by atoms with Crippen LogP contribution in [0.2, 0.25) is 0 Å². The fourth-order valence-corrected chi connectivity index (χ4v) is 3.13. The monoisotopic (exact) mass is 273 g/mol. The number of hydrogen-bond donors (Lipinski definition) is 1. The maximum absolute atomic E-state index is 5.30. The lowest BCUT2D eigenvalue weighted by Gasteiger charge is -2.15. The molecule has 1 N–H and O–H groups in total. The highest BCUT2D eigenvalue weighted by Crippen LogP contribution is 2.26. The Balaban J connectivity index is 2.02. The Morgan fingerprint density at radius 2 is 2.30 bits per heavy atom. The summed E-state index contributed by atoms with van der Waals surface area (Å²) in [5, 5.41) is 3.56. The van der Waals surface area contributed by atoms with Gasteiger partial charge in [0.2, 0.25) is 0 Å². The van der Waals surface area contributed by atoms with Crippen LogP contribution in [0.3, 0.4) is 0 Å². The van der Waals surface area contributed by atoms with Gasteiger partial charge in [-0.15, -0.1) is 0 Å². The smallest absolute Gasteiger partial charge is 0.121 e. The van der Waals surface area contributed by atoms with E-state index >= 15 is 0 Å². The van der Waals surface area contributed by atoms with Crippen LogP contribution in [0.5, 0.6) is 5.75 Å². The zero-order valence-corrected chi connectivity index (χ0v) is 12.5. The Morgan fingerprint density at radius 3 is 2.95 bits per heavy atom. The molecule has 1 aromatic carbocycles. The van der Waals surface area contributed by atoms with Gasteiger partial charge in [0.1, 0.15) is 11.6 Å². The molecular weight excluding hydrogens is 250 g/mol. The number of methoxy groups -OCH3 is 1. The first-order valence-electron chi connectivity index (χ1n) is 7.47. The molecule has 20 heavy (non-hydrogen) atoms. The van der Waals surface area contributed by atoms with Crippen molar-refractivity contribution in [1.29, 1.82) is 0 Å². The topological polar surface area (TPSA) is 39.1 Å². The SMILES string of the molecule is COc1ccc2c(c1)nc(CC1CCCN1)n2C(C)C. The Bertz CT molecular complexity index is 597. The maximum atomic E-state index is 5.30. The van der Waals surface area contributed by atoms with E-state index in [1.54, 1.807) is 7.11 Å². The highest BCUT2D eigenvalue weighted by atomic mass is 16.5. The normalized spacial score (nSPS) is 19.1. The van der Waals surface area contributed by atoms with Crippen LogP contribution in [0.4, 0.5) is 0 Å². The van der Waals surface area contributed by atoms with Crippen molar-refractivity contribution in [1.82, 2.24) is 14.9 Å². The van der Waals surface area contributed by atoms with E-state index in [1.807, 2.05) is 12.1 Å². The molecule has 1 aromatic heterocycles. The molecule has 0 saturated carbocycles. The summed E-state index contributed by atoms with van der Waals surface area (Å²) in [5.74, 6) is 2.05. The van der Waals surface area contributed by atoms with Gasteiger partial charge < -0.3 is 14.6 Å². The van der Waals surface area contributed by atoms with Crippen molar-refractivity contribution in [2.75, 3.05) is 13.7 Å². The van der Waals surface area contributed by atoms with Gasteiger partial charge in [0, 0.05) is 24.6 Å². The minimum absolute atomic E-state index is 0.421. The molecule has 3 rings (SSSR count). The van der Waals surface area contributed by atoms with Crippen molar-refractivity contribution >= 4 is 11.0 Å². The second-order valence-electron chi connectivity index (χ2n) is 5.84. The number of aromatic nitrogens is 2. The van der Waals surface area contributed by atoms with E-state index in [1.165, 1.54) is 24.2 Å². The number of benzene rings is 1. The lowest BCUT2D eigenvalue weighted by atomic mass is 10.1. The second kappa shape index (κ2) is 5.44. The van der Waals surface area contributed by atoms with Crippen molar-refractivity contribution < 1.29 is 4.74 Å². The quantitative estimate of drug-likeness (QED) is 0.931. The summed E-state index contributed by atoms with van der Waals surface area (Å²) in [5.41, 5.74) is 2.24. The standard InChI is InChI=1S/C16H23N3O/c1-11(2)19-15-7-6-13(20-3)10-14(15)18-16(19)9-12-5-4-8-17-12/h6-7,10-12,17H,4-5,8-9H2,1-3H3. The maximum Gasteiger partial charge on any atom is 0.121 e. The summed E-state index contributed by atoms with van der Waals surface area (Å²) in [7, 11) is 1.70. The molecule has 0 amide bonds. The van der Waals surface area contributed by atoms with Gasteiger partial charge in [-0.05, 0) is 45.4 Å². The predicted molar refractivity (Wildman–Crippen MR) is 81.4 cm³/mol. The molecule has 4 heteroatoms. The van der Waals surface area contributed by atoms with Crippen LogP contribution in [0, 0.1) is 0 Å². The molecule has 1 fully saturated rings. The third-order valence-electron chi connectivity index (χ3n) is 4.08. The van der Waals surface area contributed by atoms with Crippen LogP contribution in [0.25, 0.3) is 11.0 Å². The van der Waals surface area contributed by atoms with Crippen molar-refractivity contribution in [2.24, 2.45) is 0 Å². The Hall–Kier alpha value is -1.55. The van der Waals surface area contributed by atoms with Crippen LogP contribution in [0.15, 0.2) is 18.2 Å². The molecule has 1 aliphatic rings. The summed E-state index contributed by atoms with van der Waals surface area (Å²) >= 11 is 0. The third-order valence-corrected chi connectivity index (χ3v) is 4.08. The Labute approximate surface area is 120 Å². The molecule has 1 atom stereocenters. The molecule has 0 bridgehead atoms. The van der Waals surface area contributed by atoms with Crippen LogP contribution >= 0.6 is 0 Å². The molecule has 1 saturated heterocycles. The van der Waals surface area contributed by atoms with Gasteiger partial charge in [-0.2, -0.15) is 0 Å². The molecule has 2 aromatic rings. The highest BCUT2D eigenvalue weighted by molar-refractivity contribution is 5.78. The number of nitrogens with one attached hydrogen (secondary N) is 1. The van der Waals surface area contributed by atoms with Crippen LogP contribution in [-0.4, -0.2) is 29.2 Å². The highest BCUT2D eigenvalue weighted by Gasteiger charge is 2.20. The van der Waals surface area contributed by atoms with E-state index in [0.717, 1.165) is 24.2 Å². The lowest BCUT2D eigenvalue weighted by molar-refractivity contribution is 0.415. The van der Waals surface area contributed by atoms with Gasteiger partial charge in [-0.25, -0.2) is 4.98 Å². The summed E-state index contributed by atoms with van der Waals surface area (Å²) in [4.78, 5) is 4.85. The van der Waals surface area contributed by atoms with Gasteiger partial charge in [0.25, 0.3) is 0 Å². The first-order valence-corrected chi connectivity index (χ1v) is 7.47. The van der Waals surface area contributed by atoms with E-state index < -0.39 is 0 Å². The Morgan fingerprint density at radius 1 is 1.45 bits per heavy atom. The van der Waals surface area contributed by atoms with Crippen molar-refractivity contribution in [3.8, 4) is 5.75 Å². The fourth-order valence-electron chi connectivity index (χ4n) is 3.13. The van der Waals surface area contributed by atoms with E-state index in [-0.39, 0.29) is 0 Å². The summed E-state index contributed by atoms with van der Waals surface area (Å²) in [6, 6.07) is 7.16. The van der Waals surface area contributed by atoms with E-state index in [4.69, 9.17) is 9.72 Å². The number of ether oxygens (including phenoxy) is 1. The molecule has 0 aliphatic carbocycles. The zero-order chi connectivity index (χ0) is 14.1. The number of nitrogens with zero attached hydrogens (tertiary/aromatic N) is 2. The van der Waals surface area contributed by atoms with Gasteiger partial charge in [0.15, 0.2) is 0 Å². The van der Waals surface area contributed by atoms with Crippen molar-refractivity contribution in [3.63, 3.8) is 0 Å². The average molecular weight is 273 g/mol. The average Bonchev–Trinajstić information content (AvgIpc) is 3.04. The summed E-state index contributed by atoms with van der Waals surface area (Å²) in [6.45, 7) is 5.58. The number of fused-ring (bicyclic) bond motifs is 1. The first-order chi connectivity index (χ1) is 9.69. The predicted octanol–water partition coefficient (Wildman–Crippen LogP) is 2.92. The van der Waals surface area contributed by atoms with Crippen LogP contribution in [0.1, 0.15) is 38.6 Å². The largest absolute Gasteiger partial charge is 0.497 e. The molecule has 0 radical (unpaired) electrons. The van der Waals surface area contributed by atoms with Gasteiger partial charge >= 0.3 is 0 Å².